The van der Waals surface area contributed by atoms with Crippen LogP contribution in [0.15, 0.2) is 564 Å². The normalized spacial score (nSPS) is 10.9. The first kappa shape index (κ1) is 82.1. The van der Waals surface area contributed by atoms with Crippen LogP contribution in [0.25, 0.3) is 144 Å². The van der Waals surface area contributed by atoms with Crippen molar-refractivity contribution in [2.24, 2.45) is 0 Å². The van der Waals surface area contributed by atoms with Gasteiger partial charge in [-0.15, -0.1) is 0 Å². The molecule has 3 heteroatoms. The van der Waals surface area contributed by atoms with E-state index in [9.17, 15) is 0 Å². The van der Waals surface area contributed by atoms with Crippen molar-refractivity contribution in [2.45, 2.75) is 0 Å². The Balaban J connectivity index is 0.000000123. The van der Waals surface area contributed by atoms with Crippen LogP contribution in [-0.2, 0) is 0 Å². The summed E-state index contributed by atoms with van der Waals surface area (Å²) in [6.07, 6.45) is 0. The van der Waals surface area contributed by atoms with E-state index in [-0.39, 0.29) is 0 Å². The molecule has 0 atom stereocenters. The van der Waals surface area contributed by atoms with Crippen molar-refractivity contribution in [3.05, 3.63) is 564 Å². The predicted octanol–water partition coefficient (Wildman–Crippen LogP) is 36.1. The molecule has 0 saturated carbocycles. The summed E-state index contributed by atoms with van der Waals surface area (Å²) in [7, 11) is 0. The lowest BCUT2D eigenvalue weighted by molar-refractivity contribution is 1.28. The molecular weight excluding hydrogens is 1580 g/mol. The van der Waals surface area contributed by atoms with E-state index in [1.54, 1.807) is 0 Å². The summed E-state index contributed by atoms with van der Waals surface area (Å²) >= 11 is 0. The molecule has 0 unspecified atom stereocenters. The van der Waals surface area contributed by atoms with Gasteiger partial charge in [-0.2, -0.15) is 0 Å². The van der Waals surface area contributed by atoms with Crippen LogP contribution in [0.4, 0.5) is 51.2 Å². The Morgan fingerprint density at radius 1 is 0.0916 bits per heavy atom. The fourth-order valence-electron chi connectivity index (χ4n) is 17.9. The summed E-state index contributed by atoms with van der Waals surface area (Å²) in [5.74, 6) is 0. The molecule has 0 aliphatic heterocycles. The smallest absolute Gasteiger partial charge is 0.0468 e. The average Bonchev–Trinajstić information content (AvgIpc) is 0.751. The number of hydrogen-bond acceptors (Lipinski definition) is 3. The number of benzene rings is 22. The molecule has 0 aliphatic rings. The minimum atomic E-state index is 1.11. The van der Waals surface area contributed by atoms with Crippen LogP contribution in [0.5, 0.6) is 0 Å². The van der Waals surface area contributed by atoms with Crippen LogP contribution >= 0.6 is 0 Å². The Labute approximate surface area is 768 Å². The molecule has 0 radical (unpaired) electrons. The van der Waals surface area contributed by atoms with E-state index in [1.807, 2.05) is 0 Å². The lowest BCUT2D eigenvalue weighted by atomic mass is 9.88. The average molecular weight is 1670 g/mol. The SMILES string of the molecule is c1ccc(-c2ccc(-c3ccc(N(c4ccccc4)c4ccc(-c5ccccc5)cc4)cc3-c3ccccc3)cc2)cc1.c1ccc(-c2ccc(N(c3ccccc3)c3ccc(-c4cc5ccccc5c5ccccc45)c(-c4ccccc4)c3)cc2)cc1.c1ccc(-c2ccc(N(c3ccccc3)c3ccc(-c4cccc(-c5ccccc5)c4)c(-c4ccccc4)c3)cc2)cc1. The van der Waals surface area contributed by atoms with Gasteiger partial charge in [0.2, 0.25) is 0 Å². The molecule has 3 nitrogen and oxygen atoms in total. The van der Waals surface area contributed by atoms with Crippen molar-refractivity contribution >= 4 is 72.7 Å². The summed E-state index contributed by atoms with van der Waals surface area (Å²) in [6, 6.07) is 202. The van der Waals surface area contributed by atoms with Crippen molar-refractivity contribution in [3.63, 3.8) is 0 Å². The number of anilines is 9. The van der Waals surface area contributed by atoms with Gasteiger partial charge in [-0.1, -0.05) is 443 Å². The maximum atomic E-state index is 2.36. The fraction of sp³-hybridized carbons (Fsp3) is 0. The quantitative estimate of drug-likeness (QED) is 0.0704. The molecule has 22 aromatic carbocycles. The molecule has 131 heavy (non-hydrogen) atoms. The van der Waals surface area contributed by atoms with Crippen LogP contribution in [0.3, 0.4) is 0 Å². The number of rotatable bonds is 20. The van der Waals surface area contributed by atoms with Gasteiger partial charge in [0.05, 0.1) is 0 Å². The second kappa shape index (κ2) is 39.1. The standard InChI is InChI=1S/C44H31N.2C42H31N/c1-4-14-32(15-5-1)33-24-26-37(27-25-33)45(36-19-8-3-9-20-36)38-28-29-42(43(31-38)34-16-6-2-7-17-34)44-30-35-18-10-11-21-39(35)40-22-12-13-23-41(40)44;1-5-14-32(15-6-1)34-24-26-39(27-25-34)43(38-22-11-4-12-23-38)40-28-29-41(42(31-40)35-18-9-3-10-19-35)37-21-13-20-36(30-37)33-16-7-2-8-17-33;1-5-13-32(14-6-1)34-21-23-37(24-22-34)41-30-29-40(31-42(41)36-17-9-3-10-18-36)43(38-19-11-4-12-20-38)39-27-25-35(26-28-39)33-15-7-2-8-16-33/h1-31H;2*1-31H. The molecular formula is C128H93N3. The van der Waals surface area contributed by atoms with Crippen molar-refractivity contribution in [1.82, 2.24) is 0 Å². The van der Waals surface area contributed by atoms with Crippen molar-refractivity contribution in [1.29, 1.82) is 0 Å². The third-order valence-electron chi connectivity index (χ3n) is 24.4. The largest absolute Gasteiger partial charge is 0.310 e. The Kier molecular flexibility index (Phi) is 24.5. The minimum absolute atomic E-state index is 1.11. The van der Waals surface area contributed by atoms with Crippen molar-refractivity contribution < 1.29 is 0 Å². The van der Waals surface area contributed by atoms with Gasteiger partial charge in [0.25, 0.3) is 0 Å². The summed E-state index contributed by atoms with van der Waals surface area (Å²) in [5, 5.41) is 5.07. The van der Waals surface area contributed by atoms with Crippen LogP contribution < -0.4 is 14.7 Å². The lowest BCUT2D eigenvalue weighted by Gasteiger charge is -2.27. The Hall–Kier alpha value is -17.2. The highest BCUT2D eigenvalue weighted by Gasteiger charge is 2.23. The summed E-state index contributed by atoms with van der Waals surface area (Å²) in [4.78, 5) is 7.03. The molecule has 0 heterocycles. The molecule has 0 saturated heterocycles. The van der Waals surface area contributed by atoms with Gasteiger partial charge in [0.15, 0.2) is 0 Å². The molecule has 0 aromatic heterocycles. The van der Waals surface area contributed by atoms with E-state index in [4.69, 9.17) is 0 Å². The third kappa shape index (κ3) is 18.5. The number of para-hydroxylation sites is 3. The van der Waals surface area contributed by atoms with E-state index >= 15 is 0 Å². The third-order valence-corrected chi connectivity index (χ3v) is 24.4. The monoisotopic (exact) mass is 1670 g/mol. The summed E-state index contributed by atoms with van der Waals surface area (Å²) in [5.41, 5.74) is 36.6. The van der Waals surface area contributed by atoms with E-state index < -0.39 is 0 Å². The summed E-state index contributed by atoms with van der Waals surface area (Å²) in [6.45, 7) is 0. The maximum Gasteiger partial charge on any atom is 0.0468 e. The van der Waals surface area contributed by atoms with Crippen molar-refractivity contribution in [2.75, 3.05) is 14.7 Å². The van der Waals surface area contributed by atoms with E-state index in [1.165, 1.54) is 144 Å². The van der Waals surface area contributed by atoms with E-state index in [0.717, 1.165) is 51.2 Å². The van der Waals surface area contributed by atoms with Gasteiger partial charge in [0.1, 0.15) is 0 Å². The maximum absolute atomic E-state index is 2.36. The van der Waals surface area contributed by atoms with Crippen LogP contribution in [0.1, 0.15) is 0 Å². The minimum Gasteiger partial charge on any atom is -0.310 e. The second-order valence-corrected chi connectivity index (χ2v) is 32.6. The molecule has 0 bridgehead atoms. The zero-order valence-corrected chi connectivity index (χ0v) is 72.5. The van der Waals surface area contributed by atoms with Gasteiger partial charge < -0.3 is 14.7 Å². The van der Waals surface area contributed by atoms with Gasteiger partial charge in [-0.05, 0) is 265 Å². The molecule has 0 fully saturated rings. The molecule has 22 rings (SSSR count). The van der Waals surface area contributed by atoms with Gasteiger partial charge in [0, 0.05) is 51.2 Å². The lowest BCUT2D eigenvalue weighted by Crippen LogP contribution is -2.10. The molecule has 0 aliphatic carbocycles. The number of fused-ring (bicyclic) bond motifs is 3. The second-order valence-electron chi connectivity index (χ2n) is 32.6. The molecule has 0 N–H and O–H groups in total. The van der Waals surface area contributed by atoms with Gasteiger partial charge in [-0.3, -0.25) is 0 Å². The van der Waals surface area contributed by atoms with E-state index in [0.29, 0.717) is 0 Å². The molecule has 22 aromatic rings. The van der Waals surface area contributed by atoms with Gasteiger partial charge in [-0.25, -0.2) is 0 Å². The Morgan fingerprint density at radius 2 is 0.305 bits per heavy atom. The van der Waals surface area contributed by atoms with Gasteiger partial charge >= 0.3 is 0 Å². The zero-order valence-electron chi connectivity index (χ0n) is 72.5. The molecule has 0 amide bonds. The first-order valence-electron chi connectivity index (χ1n) is 44.8. The zero-order chi connectivity index (χ0) is 87.7. The topological polar surface area (TPSA) is 9.72 Å². The van der Waals surface area contributed by atoms with Crippen LogP contribution in [0, 0.1) is 0 Å². The van der Waals surface area contributed by atoms with Crippen molar-refractivity contribution in [3.8, 4) is 122 Å². The Morgan fingerprint density at radius 3 is 0.656 bits per heavy atom. The predicted molar refractivity (Wildman–Crippen MR) is 558 cm³/mol. The molecule has 0 spiro atoms. The number of hydrogen-bond donors (Lipinski definition) is 0. The van der Waals surface area contributed by atoms with Crippen LogP contribution in [0.2, 0.25) is 0 Å². The highest BCUT2D eigenvalue weighted by Crippen LogP contribution is 2.48. The highest BCUT2D eigenvalue weighted by molar-refractivity contribution is 6.15. The highest BCUT2D eigenvalue weighted by atomic mass is 15.2. The fourth-order valence-corrected chi connectivity index (χ4v) is 17.9. The first-order chi connectivity index (χ1) is 65.0. The number of nitrogens with zero attached hydrogens (tertiary/aromatic N) is 3. The van der Waals surface area contributed by atoms with E-state index in [2.05, 4.69) is 579 Å². The summed E-state index contributed by atoms with van der Waals surface area (Å²) < 4.78 is 0. The molecule has 620 valence electrons. The Bertz CT molecular complexity index is 7520. The van der Waals surface area contributed by atoms with Crippen LogP contribution in [-0.4, -0.2) is 0 Å². The first-order valence-corrected chi connectivity index (χ1v) is 44.8.